The molecular formula is C19H19FN4O2S. The second kappa shape index (κ2) is 8.50. The SMILES string of the molecule is COc1ccc(OC)c(NC(=S)Nc2cnn(Cc3ccc(F)cc3)c2)c1. The predicted octanol–water partition coefficient (Wildman–Crippen LogP) is 3.90. The maximum Gasteiger partial charge on any atom is 0.175 e. The van der Waals surface area contributed by atoms with E-state index in [4.69, 9.17) is 21.7 Å². The Kier molecular flexibility index (Phi) is 5.87. The van der Waals surface area contributed by atoms with Crippen molar-refractivity contribution in [2.24, 2.45) is 0 Å². The zero-order valence-corrected chi connectivity index (χ0v) is 15.7. The molecule has 0 aliphatic carbocycles. The van der Waals surface area contributed by atoms with E-state index in [1.807, 2.05) is 6.20 Å². The molecule has 0 radical (unpaired) electrons. The number of nitrogens with zero attached hydrogens (tertiary/aromatic N) is 2. The van der Waals surface area contributed by atoms with Crippen LogP contribution in [0.1, 0.15) is 5.56 Å². The van der Waals surface area contributed by atoms with Crippen LogP contribution < -0.4 is 20.1 Å². The molecule has 3 rings (SSSR count). The Morgan fingerprint density at radius 3 is 2.59 bits per heavy atom. The summed E-state index contributed by atoms with van der Waals surface area (Å²) in [6.07, 6.45) is 3.49. The number of thiocarbonyl (C=S) groups is 1. The second-order valence-electron chi connectivity index (χ2n) is 5.70. The molecule has 2 aromatic carbocycles. The number of halogens is 1. The van der Waals surface area contributed by atoms with E-state index in [-0.39, 0.29) is 5.82 Å². The van der Waals surface area contributed by atoms with Crippen molar-refractivity contribution in [3.8, 4) is 11.5 Å². The Morgan fingerprint density at radius 1 is 1.11 bits per heavy atom. The average molecular weight is 386 g/mol. The molecule has 0 spiro atoms. The van der Waals surface area contributed by atoms with Gasteiger partial charge in [-0.05, 0) is 42.0 Å². The first-order valence-corrected chi connectivity index (χ1v) is 8.55. The van der Waals surface area contributed by atoms with E-state index in [1.165, 1.54) is 12.1 Å². The fourth-order valence-corrected chi connectivity index (χ4v) is 2.72. The third-order valence-corrected chi connectivity index (χ3v) is 4.01. The van der Waals surface area contributed by atoms with Gasteiger partial charge in [0.25, 0.3) is 0 Å². The van der Waals surface area contributed by atoms with Gasteiger partial charge in [-0.2, -0.15) is 5.10 Å². The number of ether oxygens (including phenoxy) is 2. The van der Waals surface area contributed by atoms with Gasteiger partial charge in [0.15, 0.2) is 5.11 Å². The Bertz CT molecular complexity index is 928. The summed E-state index contributed by atoms with van der Waals surface area (Å²) in [5, 5.41) is 10.8. The molecule has 0 saturated carbocycles. The zero-order chi connectivity index (χ0) is 19.2. The lowest BCUT2D eigenvalue weighted by Gasteiger charge is -2.13. The maximum absolute atomic E-state index is 13.0. The number of methoxy groups -OCH3 is 2. The fraction of sp³-hybridized carbons (Fsp3) is 0.158. The van der Waals surface area contributed by atoms with Crippen LogP contribution in [0.25, 0.3) is 0 Å². The third kappa shape index (κ3) is 4.95. The van der Waals surface area contributed by atoms with Crippen molar-refractivity contribution < 1.29 is 13.9 Å². The molecule has 0 fully saturated rings. The quantitative estimate of drug-likeness (QED) is 0.627. The lowest BCUT2D eigenvalue weighted by Crippen LogP contribution is -2.19. The molecule has 0 atom stereocenters. The molecule has 0 saturated heterocycles. The highest BCUT2D eigenvalue weighted by Gasteiger charge is 2.08. The topological polar surface area (TPSA) is 60.3 Å². The van der Waals surface area contributed by atoms with Gasteiger partial charge in [-0.3, -0.25) is 4.68 Å². The van der Waals surface area contributed by atoms with Crippen molar-refractivity contribution in [3.63, 3.8) is 0 Å². The Morgan fingerprint density at radius 2 is 1.89 bits per heavy atom. The summed E-state index contributed by atoms with van der Waals surface area (Å²) in [5.41, 5.74) is 2.37. The minimum Gasteiger partial charge on any atom is -0.497 e. The molecule has 0 amide bonds. The standard InChI is InChI=1S/C19H19FN4O2S/c1-25-16-7-8-18(26-2)17(9-16)23-19(27)22-15-10-21-24(12-15)11-13-3-5-14(20)6-4-13/h3-10,12H,11H2,1-2H3,(H2,22,23,27). The van der Waals surface area contributed by atoms with Crippen LogP contribution in [0, 0.1) is 5.82 Å². The molecule has 1 aromatic heterocycles. The van der Waals surface area contributed by atoms with Crippen molar-refractivity contribution >= 4 is 28.7 Å². The smallest absolute Gasteiger partial charge is 0.175 e. The van der Waals surface area contributed by atoms with E-state index < -0.39 is 0 Å². The van der Waals surface area contributed by atoms with Crippen molar-refractivity contribution in [1.29, 1.82) is 0 Å². The van der Waals surface area contributed by atoms with E-state index in [1.54, 1.807) is 55.4 Å². The van der Waals surface area contributed by atoms with Crippen LogP contribution in [0.4, 0.5) is 15.8 Å². The first kappa shape index (κ1) is 18.7. The van der Waals surface area contributed by atoms with Gasteiger partial charge in [0.2, 0.25) is 0 Å². The van der Waals surface area contributed by atoms with Gasteiger partial charge in [-0.25, -0.2) is 4.39 Å². The first-order chi connectivity index (χ1) is 13.1. The lowest BCUT2D eigenvalue weighted by atomic mass is 10.2. The van der Waals surface area contributed by atoms with Crippen LogP contribution in [0.2, 0.25) is 0 Å². The van der Waals surface area contributed by atoms with Crippen LogP contribution in [-0.4, -0.2) is 29.1 Å². The van der Waals surface area contributed by atoms with Crippen molar-refractivity contribution in [3.05, 3.63) is 66.2 Å². The number of benzene rings is 2. The Hall–Kier alpha value is -3.13. The van der Waals surface area contributed by atoms with Crippen molar-refractivity contribution in [1.82, 2.24) is 9.78 Å². The molecule has 2 N–H and O–H groups in total. The van der Waals surface area contributed by atoms with Gasteiger partial charge in [-0.1, -0.05) is 12.1 Å². The minimum absolute atomic E-state index is 0.258. The fourth-order valence-electron chi connectivity index (χ4n) is 2.49. The molecule has 3 aromatic rings. The van der Waals surface area contributed by atoms with E-state index in [9.17, 15) is 4.39 Å². The Balaban J connectivity index is 1.63. The van der Waals surface area contributed by atoms with Crippen LogP contribution in [0.5, 0.6) is 11.5 Å². The summed E-state index contributed by atoms with van der Waals surface area (Å²) in [4.78, 5) is 0. The third-order valence-electron chi connectivity index (χ3n) is 3.80. The summed E-state index contributed by atoms with van der Waals surface area (Å²) in [6.45, 7) is 0.534. The molecule has 0 aliphatic heterocycles. The number of rotatable bonds is 6. The zero-order valence-electron chi connectivity index (χ0n) is 14.9. The largest absolute Gasteiger partial charge is 0.497 e. The summed E-state index contributed by atoms with van der Waals surface area (Å²) in [5.74, 6) is 1.08. The maximum atomic E-state index is 13.0. The molecule has 1 heterocycles. The van der Waals surface area contributed by atoms with Crippen LogP contribution in [-0.2, 0) is 6.54 Å². The molecule has 6 nitrogen and oxygen atoms in total. The monoisotopic (exact) mass is 386 g/mol. The van der Waals surface area contributed by atoms with Gasteiger partial charge in [0.05, 0.1) is 38.3 Å². The van der Waals surface area contributed by atoms with Gasteiger partial charge in [-0.15, -0.1) is 0 Å². The van der Waals surface area contributed by atoms with Crippen LogP contribution in [0.3, 0.4) is 0 Å². The highest BCUT2D eigenvalue weighted by Crippen LogP contribution is 2.29. The highest BCUT2D eigenvalue weighted by molar-refractivity contribution is 7.80. The molecule has 0 bridgehead atoms. The van der Waals surface area contributed by atoms with E-state index >= 15 is 0 Å². The molecule has 140 valence electrons. The van der Waals surface area contributed by atoms with Crippen molar-refractivity contribution in [2.45, 2.75) is 6.54 Å². The van der Waals surface area contributed by atoms with Crippen LogP contribution in [0.15, 0.2) is 54.9 Å². The van der Waals surface area contributed by atoms with E-state index in [2.05, 4.69) is 15.7 Å². The van der Waals surface area contributed by atoms with Gasteiger partial charge < -0.3 is 20.1 Å². The number of nitrogens with one attached hydrogen (secondary N) is 2. The normalized spacial score (nSPS) is 10.3. The minimum atomic E-state index is -0.258. The summed E-state index contributed by atoms with van der Waals surface area (Å²) >= 11 is 5.36. The molecular weight excluding hydrogens is 367 g/mol. The van der Waals surface area contributed by atoms with Crippen molar-refractivity contribution in [2.75, 3.05) is 24.9 Å². The lowest BCUT2D eigenvalue weighted by molar-refractivity contribution is 0.405. The summed E-state index contributed by atoms with van der Waals surface area (Å²) in [6, 6.07) is 11.7. The average Bonchev–Trinajstić information content (AvgIpc) is 3.10. The predicted molar refractivity (Wildman–Crippen MR) is 107 cm³/mol. The van der Waals surface area contributed by atoms with Gasteiger partial charge in [0, 0.05) is 12.3 Å². The number of aromatic nitrogens is 2. The summed E-state index contributed by atoms with van der Waals surface area (Å²) < 4.78 is 25.3. The number of hydrogen-bond acceptors (Lipinski definition) is 4. The molecule has 27 heavy (non-hydrogen) atoms. The molecule has 0 aliphatic rings. The first-order valence-electron chi connectivity index (χ1n) is 8.14. The number of anilines is 2. The molecule has 0 unspecified atom stereocenters. The van der Waals surface area contributed by atoms with Gasteiger partial charge >= 0.3 is 0 Å². The Labute approximate surface area is 161 Å². The highest BCUT2D eigenvalue weighted by atomic mass is 32.1. The van der Waals surface area contributed by atoms with Gasteiger partial charge in [0.1, 0.15) is 17.3 Å². The summed E-state index contributed by atoms with van der Waals surface area (Å²) in [7, 11) is 3.18. The van der Waals surface area contributed by atoms with Crippen LogP contribution >= 0.6 is 12.2 Å². The van der Waals surface area contributed by atoms with E-state index in [0.29, 0.717) is 28.8 Å². The molecule has 8 heteroatoms. The second-order valence-corrected chi connectivity index (χ2v) is 6.11. The van der Waals surface area contributed by atoms with E-state index in [0.717, 1.165) is 11.3 Å². The number of hydrogen-bond donors (Lipinski definition) is 2.